The Morgan fingerprint density at radius 2 is 1.79 bits per heavy atom. The lowest BCUT2D eigenvalue weighted by molar-refractivity contribution is -0.124. The first-order valence-corrected chi connectivity index (χ1v) is 7.88. The molecule has 0 heterocycles. The minimum Gasteiger partial charge on any atom is -0.452 e. The number of hydrogen-bond acceptors (Lipinski definition) is 4. The van der Waals surface area contributed by atoms with Crippen LogP contribution in [0.3, 0.4) is 0 Å². The number of para-hydroxylation sites is 1. The highest BCUT2D eigenvalue weighted by molar-refractivity contribution is 6.31. The highest BCUT2D eigenvalue weighted by Gasteiger charge is 2.16. The summed E-state index contributed by atoms with van der Waals surface area (Å²) in [7, 11) is 1.71. The number of rotatable bonds is 6. The number of ether oxygens (including phenoxy) is 1. The van der Waals surface area contributed by atoms with Crippen LogP contribution < -0.4 is 10.6 Å². The summed E-state index contributed by atoms with van der Waals surface area (Å²) in [4.78, 5) is 24.1. The topological polar surface area (TPSA) is 67.4 Å². The molecule has 0 bridgehead atoms. The molecule has 2 aromatic rings. The summed E-state index contributed by atoms with van der Waals surface area (Å²) in [6.45, 7) is 1.46. The Kier molecular flexibility index (Phi) is 6.21. The van der Waals surface area contributed by atoms with E-state index in [4.69, 9.17) is 16.3 Å². The van der Waals surface area contributed by atoms with Gasteiger partial charge in [0.25, 0.3) is 5.91 Å². The summed E-state index contributed by atoms with van der Waals surface area (Å²) in [5.74, 6) is -0.946. The van der Waals surface area contributed by atoms with Crippen LogP contribution in [0.4, 0.5) is 5.69 Å². The number of benzene rings is 2. The van der Waals surface area contributed by atoms with Crippen molar-refractivity contribution in [3.63, 3.8) is 0 Å². The summed E-state index contributed by atoms with van der Waals surface area (Å²) >= 11 is 6.10. The molecular weight excluding hydrogens is 328 g/mol. The van der Waals surface area contributed by atoms with Gasteiger partial charge in [-0.05, 0) is 30.7 Å². The zero-order valence-corrected chi connectivity index (χ0v) is 14.3. The van der Waals surface area contributed by atoms with Crippen molar-refractivity contribution in [1.29, 1.82) is 0 Å². The maximum atomic E-state index is 12.1. The van der Waals surface area contributed by atoms with Crippen LogP contribution in [0.1, 0.15) is 28.9 Å². The van der Waals surface area contributed by atoms with E-state index >= 15 is 0 Å². The molecule has 2 rings (SSSR count). The Hall–Kier alpha value is -2.53. The van der Waals surface area contributed by atoms with Crippen LogP contribution in [0, 0.1) is 0 Å². The first kappa shape index (κ1) is 17.8. The molecule has 24 heavy (non-hydrogen) atoms. The number of esters is 1. The molecule has 0 fully saturated rings. The minimum absolute atomic E-state index is 0.283. The standard InChI is InChI=1S/C18H19ClN2O3/c1-12(13-7-3-5-9-15(13)19)21-17(22)11-24-18(23)14-8-4-6-10-16(14)20-2/h3-10,12,20H,11H2,1-2H3,(H,21,22)/t12-/m0/s1. The fourth-order valence-electron chi connectivity index (χ4n) is 2.28. The van der Waals surface area contributed by atoms with Gasteiger partial charge in [-0.25, -0.2) is 4.79 Å². The SMILES string of the molecule is CNc1ccccc1C(=O)OCC(=O)N[C@@H](C)c1ccccc1Cl. The van der Waals surface area contributed by atoms with Crippen molar-refractivity contribution in [3.8, 4) is 0 Å². The molecule has 1 amide bonds. The predicted octanol–water partition coefficient (Wildman–Crippen LogP) is 3.42. The zero-order chi connectivity index (χ0) is 17.5. The summed E-state index contributed by atoms with van der Waals surface area (Å²) in [5.41, 5.74) is 1.83. The van der Waals surface area contributed by atoms with Crippen molar-refractivity contribution in [2.45, 2.75) is 13.0 Å². The van der Waals surface area contributed by atoms with Gasteiger partial charge in [-0.3, -0.25) is 4.79 Å². The second kappa shape index (κ2) is 8.36. The summed E-state index contributed by atoms with van der Waals surface area (Å²) in [6.07, 6.45) is 0. The normalized spacial score (nSPS) is 11.5. The molecule has 0 unspecified atom stereocenters. The van der Waals surface area contributed by atoms with Crippen LogP contribution in [0.25, 0.3) is 0 Å². The molecule has 0 aromatic heterocycles. The molecule has 0 spiro atoms. The van der Waals surface area contributed by atoms with E-state index in [1.165, 1.54) is 0 Å². The molecule has 0 aliphatic carbocycles. The molecular formula is C18H19ClN2O3. The molecule has 0 saturated carbocycles. The zero-order valence-electron chi connectivity index (χ0n) is 13.5. The van der Waals surface area contributed by atoms with E-state index in [2.05, 4.69) is 10.6 Å². The average molecular weight is 347 g/mol. The van der Waals surface area contributed by atoms with Gasteiger partial charge in [0.15, 0.2) is 6.61 Å². The maximum Gasteiger partial charge on any atom is 0.340 e. The summed E-state index contributed by atoms with van der Waals surface area (Å²) in [5, 5.41) is 6.24. The smallest absolute Gasteiger partial charge is 0.340 e. The molecule has 1 atom stereocenters. The molecule has 0 aliphatic rings. The minimum atomic E-state index is -0.555. The molecule has 6 heteroatoms. The third-order valence-corrected chi connectivity index (χ3v) is 3.84. The Labute approximate surface area is 146 Å². The molecule has 0 aliphatic heterocycles. The van der Waals surface area contributed by atoms with Gasteiger partial charge in [0.1, 0.15) is 0 Å². The second-order valence-electron chi connectivity index (χ2n) is 5.18. The van der Waals surface area contributed by atoms with E-state index in [0.717, 1.165) is 5.56 Å². The first-order chi connectivity index (χ1) is 11.5. The number of nitrogens with one attached hydrogen (secondary N) is 2. The van der Waals surface area contributed by atoms with E-state index in [1.54, 1.807) is 37.4 Å². The van der Waals surface area contributed by atoms with Crippen molar-refractivity contribution in [3.05, 3.63) is 64.7 Å². The fraction of sp³-hybridized carbons (Fsp3) is 0.222. The summed E-state index contributed by atoms with van der Waals surface area (Å²) in [6, 6.07) is 13.9. The number of carbonyl (C=O) groups is 2. The molecule has 126 valence electrons. The van der Waals surface area contributed by atoms with E-state index in [9.17, 15) is 9.59 Å². The van der Waals surface area contributed by atoms with Crippen LogP contribution in [0.15, 0.2) is 48.5 Å². The Bertz CT molecular complexity index is 734. The van der Waals surface area contributed by atoms with Crippen LogP contribution in [-0.4, -0.2) is 25.5 Å². The van der Waals surface area contributed by atoms with Crippen molar-refractivity contribution in [2.24, 2.45) is 0 Å². The van der Waals surface area contributed by atoms with E-state index < -0.39 is 11.9 Å². The average Bonchev–Trinajstić information content (AvgIpc) is 2.59. The van der Waals surface area contributed by atoms with Gasteiger partial charge in [-0.15, -0.1) is 0 Å². The van der Waals surface area contributed by atoms with Crippen LogP contribution >= 0.6 is 11.6 Å². The Balaban J connectivity index is 1.91. The molecule has 2 aromatic carbocycles. The maximum absolute atomic E-state index is 12.1. The van der Waals surface area contributed by atoms with E-state index in [0.29, 0.717) is 16.3 Å². The molecule has 2 N–H and O–H groups in total. The fourth-order valence-corrected chi connectivity index (χ4v) is 2.57. The van der Waals surface area contributed by atoms with Gasteiger partial charge in [-0.2, -0.15) is 0 Å². The van der Waals surface area contributed by atoms with Gasteiger partial charge in [0, 0.05) is 17.8 Å². The largest absolute Gasteiger partial charge is 0.452 e. The third-order valence-electron chi connectivity index (χ3n) is 3.50. The quantitative estimate of drug-likeness (QED) is 0.786. The van der Waals surface area contributed by atoms with Gasteiger partial charge in [0.2, 0.25) is 0 Å². The number of hydrogen-bond donors (Lipinski definition) is 2. The lowest BCUT2D eigenvalue weighted by Gasteiger charge is -2.16. The van der Waals surface area contributed by atoms with Crippen LogP contribution in [-0.2, 0) is 9.53 Å². The lowest BCUT2D eigenvalue weighted by atomic mass is 10.1. The number of halogens is 1. The van der Waals surface area contributed by atoms with Crippen molar-refractivity contribution in [2.75, 3.05) is 19.0 Å². The van der Waals surface area contributed by atoms with Gasteiger partial charge in [-0.1, -0.05) is 41.9 Å². The van der Waals surface area contributed by atoms with Gasteiger partial charge < -0.3 is 15.4 Å². The molecule has 0 radical (unpaired) electrons. The molecule has 5 nitrogen and oxygen atoms in total. The Morgan fingerprint density at radius 1 is 1.12 bits per heavy atom. The predicted molar refractivity (Wildman–Crippen MR) is 94.3 cm³/mol. The summed E-state index contributed by atoms with van der Waals surface area (Å²) < 4.78 is 5.08. The second-order valence-corrected chi connectivity index (χ2v) is 5.59. The van der Waals surface area contributed by atoms with E-state index in [-0.39, 0.29) is 12.6 Å². The number of anilines is 1. The van der Waals surface area contributed by atoms with Crippen molar-refractivity contribution >= 4 is 29.2 Å². The number of carbonyl (C=O) groups excluding carboxylic acids is 2. The first-order valence-electron chi connectivity index (χ1n) is 7.50. The number of amides is 1. The van der Waals surface area contributed by atoms with Crippen molar-refractivity contribution in [1.82, 2.24) is 5.32 Å². The van der Waals surface area contributed by atoms with Crippen LogP contribution in [0.2, 0.25) is 5.02 Å². The van der Waals surface area contributed by atoms with Gasteiger partial charge in [0.05, 0.1) is 11.6 Å². The van der Waals surface area contributed by atoms with Gasteiger partial charge >= 0.3 is 5.97 Å². The lowest BCUT2D eigenvalue weighted by Crippen LogP contribution is -2.31. The monoisotopic (exact) mass is 346 g/mol. The highest BCUT2D eigenvalue weighted by atomic mass is 35.5. The highest BCUT2D eigenvalue weighted by Crippen LogP contribution is 2.22. The third kappa shape index (κ3) is 4.49. The van der Waals surface area contributed by atoms with E-state index in [1.807, 2.05) is 25.1 Å². The van der Waals surface area contributed by atoms with Crippen molar-refractivity contribution < 1.29 is 14.3 Å². The molecule has 0 saturated heterocycles. The van der Waals surface area contributed by atoms with Crippen LogP contribution in [0.5, 0.6) is 0 Å². The Morgan fingerprint density at radius 3 is 2.50 bits per heavy atom.